The van der Waals surface area contributed by atoms with Crippen LogP contribution in [-0.2, 0) is 0 Å². The number of piperidine rings is 1. The lowest BCUT2D eigenvalue weighted by molar-refractivity contribution is 0.157. The molecule has 0 aliphatic carbocycles. The molecule has 0 unspecified atom stereocenters. The second kappa shape index (κ2) is 12.5. The maximum Gasteiger partial charge on any atom is 0.142 e. The number of hydrogen-bond acceptors (Lipinski definition) is 4. The Morgan fingerprint density at radius 3 is 2.69 bits per heavy atom. The molecule has 1 fully saturated rings. The second-order valence-corrected chi connectivity index (χ2v) is 11.4. The number of halogens is 1. The van der Waals surface area contributed by atoms with E-state index in [1.165, 1.54) is 44.8 Å². The van der Waals surface area contributed by atoms with Crippen LogP contribution in [0.2, 0.25) is 0 Å². The minimum Gasteiger partial charge on any atom is -0.335 e. The number of nitrogens with zero attached hydrogens (tertiary/aromatic N) is 4. The average Bonchev–Trinajstić information content (AvgIpc) is 2.83. The predicted molar refractivity (Wildman–Crippen MR) is 152 cm³/mol. The zero-order chi connectivity index (χ0) is 26.3. The SMILES string of the molecule is C=C/C(=C1/N=C(N(C[C@H]2CCCN(CCCC)C2)C(=C)CC(C)(C)C)C=CN1C)c1ccccc1F. The molecule has 2 aliphatic heterocycles. The third kappa shape index (κ3) is 7.42. The van der Waals surface area contributed by atoms with Crippen LogP contribution in [0.5, 0.6) is 0 Å². The van der Waals surface area contributed by atoms with Crippen LogP contribution in [0.1, 0.15) is 65.4 Å². The summed E-state index contributed by atoms with van der Waals surface area (Å²) in [6.07, 6.45) is 11.6. The number of likely N-dealkylation sites (tertiary alicyclic amines) is 1. The van der Waals surface area contributed by atoms with Gasteiger partial charge in [0.15, 0.2) is 0 Å². The molecule has 1 saturated heterocycles. The highest BCUT2D eigenvalue weighted by atomic mass is 19.1. The van der Waals surface area contributed by atoms with Crippen molar-refractivity contribution in [2.75, 3.05) is 33.2 Å². The topological polar surface area (TPSA) is 22.1 Å². The van der Waals surface area contributed by atoms with Crippen LogP contribution in [-0.4, -0.2) is 53.8 Å². The van der Waals surface area contributed by atoms with E-state index in [-0.39, 0.29) is 11.2 Å². The summed E-state index contributed by atoms with van der Waals surface area (Å²) in [6.45, 7) is 21.9. The van der Waals surface area contributed by atoms with Crippen molar-refractivity contribution in [2.24, 2.45) is 16.3 Å². The first-order valence-corrected chi connectivity index (χ1v) is 13.4. The van der Waals surface area contributed by atoms with Crippen molar-refractivity contribution in [1.29, 1.82) is 0 Å². The van der Waals surface area contributed by atoms with E-state index < -0.39 is 0 Å². The fraction of sp³-hybridized carbons (Fsp3) is 0.516. The Balaban J connectivity index is 1.97. The molecule has 1 atom stereocenters. The first-order valence-electron chi connectivity index (χ1n) is 13.4. The maximum atomic E-state index is 14.7. The van der Waals surface area contributed by atoms with Gasteiger partial charge in [-0.2, -0.15) is 0 Å². The Labute approximate surface area is 218 Å². The fourth-order valence-corrected chi connectivity index (χ4v) is 5.11. The fourth-order valence-electron chi connectivity index (χ4n) is 5.11. The van der Waals surface area contributed by atoms with Crippen molar-refractivity contribution in [3.63, 3.8) is 0 Å². The standard InChI is InChI=1S/C31H45FN4/c1-8-10-18-35-19-13-14-25(22-35)23-36(24(3)21-31(4,5)6)29-17-20-34(7)30(33-29)26(9-2)27-15-11-12-16-28(27)32/h9,11-12,15-17,20,25H,2-3,8,10,13-14,18-19,21-23H2,1,4-7H3/b30-26+/t25-/m0/s1. The molecule has 196 valence electrons. The van der Waals surface area contributed by atoms with Crippen molar-refractivity contribution in [3.8, 4) is 0 Å². The Morgan fingerprint density at radius 2 is 2.03 bits per heavy atom. The number of hydrogen-bond donors (Lipinski definition) is 0. The lowest BCUT2D eigenvalue weighted by atomic mass is 9.89. The van der Waals surface area contributed by atoms with E-state index in [0.29, 0.717) is 22.9 Å². The van der Waals surface area contributed by atoms with Crippen LogP contribution in [0.3, 0.4) is 0 Å². The molecule has 1 aromatic rings. The van der Waals surface area contributed by atoms with Crippen molar-refractivity contribution >= 4 is 11.4 Å². The van der Waals surface area contributed by atoms with Crippen molar-refractivity contribution in [3.05, 3.63) is 78.7 Å². The van der Waals surface area contributed by atoms with Gasteiger partial charge in [-0.3, -0.25) is 0 Å². The molecule has 1 aromatic carbocycles. The van der Waals surface area contributed by atoms with Crippen LogP contribution in [0.4, 0.5) is 4.39 Å². The highest BCUT2D eigenvalue weighted by molar-refractivity contribution is 5.96. The number of amidine groups is 1. The minimum atomic E-state index is -0.275. The van der Waals surface area contributed by atoms with Crippen LogP contribution in [0.25, 0.3) is 5.57 Å². The lowest BCUT2D eigenvalue weighted by Crippen LogP contribution is -2.43. The maximum absolute atomic E-state index is 14.7. The summed E-state index contributed by atoms with van der Waals surface area (Å²) >= 11 is 0. The predicted octanol–water partition coefficient (Wildman–Crippen LogP) is 7.30. The second-order valence-electron chi connectivity index (χ2n) is 11.4. The van der Waals surface area contributed by atoms with Gasteiger partial charge in [0, 0.05) is 43.2 Å². The van der Waals surface area contributed by atoms with Crippen molar-refractivity contribution < 1.29 is 4.39 Å². The van der Waals surface area contributed by atoms with Crippen LogP contribution in [0, 0.1) is 17.2 Å². The number of rotatable bonds is 9. The molecule has 36 heavy (non-hydrogen) atoms. The third-order valence-electron chi connectivity index (χ3n) is 6.88. The van der Waals surface area contributed by atoms with Gasteiger partial charge in [-0.05, 0) is 62.2 Å². The average molecular weight is 493 g/mol. The largest absolute Gasteiger partial charge is 0.335 e. The zero-order valence-corrected chi connectivity index (χ0v) is 23.1. The van der Waals surface area contributed by atoms with Crippen molar-refractivity contribution in [1.82, 2.24) is 14.7 Å². The normalized spacial score (nSPS) is 20.2. The van der Waals surface area contributed by atoms with E-state index in [1.807, 2.05) is 24.2 Å². The van der Waals surface area contributed by atoms with E-state index in [2.05, 4.69) is 56.7 Å². The first kappa shape index (κ1) is 27.9. The number of unbranched alkanes of at least 4 members (excludes halogenated alkanes) is 1. The molecular formula is C31H45FN4. The molecule has 0 N–H and O–H groups in total. The first-order chi connectivity index (χ1) is 17.1. The molecule has 0 aromatic heterocycles. The summed E-state index contributed by atoms with van der Waals surface area (Å²) in [5.41, 5.74) is 2.38. The summed E-state index contributed by atoms with van der Waals surface area (Å²) in [4.78, 5) is 12.0. The highest BCUT2D eigenvalue weighted by Gasteiger charge is 2.27. The van der Waals surface area contributed by atoms with Crippen LogP contribution >= 0.6 is 0 Å². The molecule has 5 heteroatoms. The summed E-state index contributed by atoms with van der Waals surface area (Å²) in [5, 5.41) is 0. The smallest absolute Gasteiger partial charge is 0.142 e. The zero-order valence-electron chi connectivity index (χ0n) is 23.1. The summed E-state index contributed by atoms with van der Waals surface area (Å²) in [7, 11) is 1.94. The molecule has 0 saturated carbocycles. The van der Waals surface area contributed by atoms with Crippen LogP contribution < -0.4 is 0 Å². The van der Waals surface area contributed by atoms with Gasteiger partial charge in [0.2, 0.25) is 0 Å². The molecular weight excluding hydrogens is 447 g/mol. The van der Waals surface area contributed by atoms with Gasteiger partial charge in [-0.25, -0.2) is 9.38 Å². The van der Waals surface area contributed by atoms with Gasteiger partial charge in [0.05, 0.1) is 0 Å². The highest BCUT2D eigenvalue weighted by Crippen LogP contribution is 2.31. The third-order valence-corrected chi connectivity index (χ3v) is 6.88. The number of allylic oxidation sites excluding steroid dienone is 3. The molecule has 0 bridgehead atoms. The van der Waals surface area contributed by atoms with E-state index >= 15 is 0 Å². The molecule has 4 nitrogen and oxygen atoms in total. The number of benzene rings is 1. The van der Waals surface area contributed by atoms with Crippen LogP contribution in [0.15, 0.2) is 72.3 Å². The van der Waals surface area contributed by atoms with Gasteiger partial charge >= 0.3 is 0 Å². The van der Waals surface area contributed by atoms with Gasteiger partial charge in [-0.1, -0.05) is 71.5 Å². The quantitative estimate of drug-likeness (QED) is 0.361. The molecule has 2 aliphatic rings. The Bertz CT molecular complexity index is 1010. The molecule has 3 rings (SSSR count). The number of aliphatic imine (C=N–C) groups is 1. The van der Waals surface area contributed by atoms with Gasteiger partial charge in [-0.15, -0.1) is 0 Å². The lowest BCUT2D eigenvalue weighted by Gasteiger charge is -2.39. The monoisotopic (exact) mass is 492 g/mol. The van der Waals surface area contributed by atoms with Crippen molar-refractivity contribution in [2.45, 2.75) is 59.8 Å². The summed E-state index contributed by atoms with van der Waals surface area (Å²) < 4.78 is 14.7. The Hall–Kier alpha value is -2.66. The van der Waals surface area contributed by atoms with Gasteiger partial charge in [0.1, 0.15) is 17.5 Å². The van der Waals surface area contributed by atoms with E-state index in [0.717, 1.165) is 31.0 Å². The summed E-state index contributed by atoms with van der Waals surface area (Å²) in [5.74, 6) is 1.83. The minimum absolute atomic E-state index is 0.114. The molecule has 0 spiro atoms. The Morgan fingerprint density at radius 1 is 1.28 bits per heavy atom. The van der Waals surface area contributed by atoms with E-state index in [1.54, 1.807) is 18.2 Å². The Kier molecular flexibility index (Phi) is 9.72. The van der Waals surface area contributed by atoms with Gasteiger partial charge in [0.25, 0.3) is 0 Å². The van der Waals surface area contributed by atoms with E-state index in [4.69, 9.17) is 4.99 Å². The van der Waals surface area contributed by atoms with Gasteiger partial charge < -0.3 is 14.7 Å². The summed E-state index contributed by atoms with van der Waals surface area (Å²) in [6, 6.07) is 6.81. The molecule has 2 heterocycles. The molecule has 0 radical (unpaired) electrons. The molecule has 0 amide bonds. The van der Waals surface area contributed by atoms with E-state index in [9.17, 15) is 4.39 Å².